The fourth-order valence-electron chi connectivity index (χ4n) is 12.1. The molecule has 0 radical (unpaired) electrons. The number of aliphatic hydroxyl groups is 1. The second-order valence-corrected chi connectivity index (χ2v) is 15.4. The summed E-state index contributed by atoms with van der Waals surface area (Å²) in [6.07, 6.45) is 15.5. The Morgan fingerprint density at radius 1 is 0.613 bits per heavy atom. The summed E-state index contributed by atoms with van der Waals surface area (Å²) in [6.45, 7) is 20.3. The van der Waals surface area contributed by atoms with E-state index in [-0.39, 0.29) is 0 Å². The van der Waals surface area contributed by atoms with Crippen LogP contribution in [0.15, 0.2) is 0 Å². The molecule has 178 valence electrons. The van der Waals surface area contributed by atoms with Gasteiger partial charge in [0, 0.05) is 0 Å². The summed E-state index contributed by atoms with van der Waals surface area (Å²) in [4.78, 5) is 0. The first-order chi connectivity index (χ1) is 14.2. The van der Waals surface area contributed by atoms with E-state index in [2.05, 4.69) is 55.4 Å². The molecule has 1 heteroatoms. The van der Waals surface area contributed by atoms with Crippen LogP contribution in [0, 0.1) is 56.7 Å². The Morgan fingerprint density at radius 3 is 1.81 bits per heavy atom. The van der Waals surface area contributed by atoms with Crippen molar-refractivity contribution in [1.82, 2.24) is 0 Å². The highest BCUT2D eigenvalue weighted by Crippen LogP contribution is 2.78. The van der Waals surface area contributed by atoms with Crippen molar-refractivity contribution in [3.05, 3.63) is 0 Å². The average molecular weight is 429 g/mol. The van der Waals surface area contributed by atoms with Crippen molar-refractivity contribution in [3.63, 3.8) is 0 Å². The zero-order valence-electron chi connectivity index (χ0n) is 22.1. The maximum absolute atomic E-state index is 11.0. The van der Waals surface area contributed by atoms with Gasteiger partial charge in [-0.05, 0) is 135 Å². The van der Waals surface area contributed by atoms with Crippen LogP contribution in [-0.2, 0) is 0 Å². The van der Waals surface area contributed by atoms with Gasteiger partial charge in [0.25, 0.3) is 0 Å². The molecule has 0 heterocycles. The zero-order valence-corrected chi connectivity index (χ0v) is 22.1. The standard InChI is InChI=1S/C30H52O/c1-25(2)15-9-16-28(6)22(25)14-19-30(8)24(28)11-10-23-27(5)17-12-20(26(3,4)31)21(27)13-18-29(23,30)7/h20-24,31H,9-19H2,1-8H3/t20-,21-,22-,23+,24+,27-,28-,29+,30+/m0/s1. The van der Waals surface area contributed by atoms with Crippen molar-refractivity contribution < 1.29 is 5.11 Å². The molecule has 0 aromatic heterocycles. The molecule has 0 spiro atoms. The topological polar surface area (TPSA) is 20.2 Å². The Labute approximate surface area is 193 Å². The second-order valence-electron chi connectivity index (χ2n) is 15.4. The molecule has 5 aliphatic rings. The summed E-state index contributed by atoms with van der Waals surface area (Å²) in [5, 5.41) is 11.0. The van der Waals surface area contributed by atoms with Crippen LogP contribution < -0.4 is 0 Å². The van der Waals surface area contributed by atoms with Crippen molar-refractivity contribution in [2.45, 2.75) is 132 Å². The predicted octanol–water partition coefficient (Wildman–Crippen LogP) is 8.25. The van der Waals surface area contributed by atoms with Gasteiger partial charge in [-0.3, -0.25) is 0 Å². The molecule has 0 saturated heterocycles. The summed E-state index contributed by atoms with van der Waals surface area (Å²) in [7, 11) is 0. The van der Waals surface area contributed by atoms with Crippen molar-refractivity contribution >= 4 is 0 Å². The van der Waals surface area contributed by atoms with Crippen molar-refractivity contribution in [1.29, 1.82) is 0 Å². The quantitative estimate of drug-likeness (QED) is 0.445. The number of hydrogen-bond donors (Lipinski definition) is 1. The summed E-state index contributed by atoms with van der Waals surface area (Å²) in [5.41, 5.74) is 1.97. The van der Waals surface area contributed by atoms with Gasteiger partial charge >= 0.3 is 0 Å². The molecule has 0 aromatic carbocycles. The van der Waals surface area contributed by atoms with Crippen LogP contribution in [0.2, 0.25) is 0 Å². The van der Waals surface area contributed by atoms with Crippen LogP contribution in [0.1, 0.15) is 126 Å². The van der Waals surface area contributed by atoms with Gasteiger partial charge < -0.3 is 5.11 Å². The minimum Gasteiger partial charge on any atom is -0.390 e. The SMILES string of the molecule is CC(C)(O)[C@H]1CC[C@]2(C)[C@H]3CC[C@@H]4[C@@]5(C)CCCC(C)(C)[C@@H]5CC[C@@]4(C)[C@]3(C)CC[C@@H]12. The minimum absolute atomic E-state index is 0.440. The Morgan fingerprint density at radius 2 is 1.19 bits per heavy atom. The Kier molecular flexibility index (Phi) is 4.80. The summed E-state index contributed by atoms with van der Waals surface area (Å²) in [6, 6.07) is 0. The van der Waals surface area contributed by atoms with E-state index in [0.29, 0.717) is 33.0 Å². The van der Waals surface area contributed by atoms with E-state index >= 15 is 0 Å². The number of rotatable bonds is 1. The van der Waals surface area contributed by atoms with Gasteiger partial charge in [0.15, 0.2) is 0 Å². The van der Waals surface area contributed by atoms with Crippen LogP contribution in [0.25, 0.3) is 0 Å². The van der Waals surface area contributed by atoms with E-state index in [1.807, 2.05) is 0 Å². The van der Waals surface area contributed by atoms with Crippen LogP contribution in [-0.4, -0.2) is 10.7 Å². The lowest BCUT2D eigenvalue weighted by molar-refractivity contribution is -0.243. The monoisotopic (exact) mass is 428 g/mol. The summed E-state index contributed by atoms with van der Waals surface area (Å²) < 4.78 is 0. The zero-order chi connectivity index (χ0) is 22.7. The van der Waals surface area contributed by atoms with E-state index < -0.39 is 5.60 Å². The van der Waals surface area contributed by atoms with Gasteiger partial charge in [-0.2, -0.15) is 0 Å². The molecule has 0 amide bonds. The van der Waals surface area contributed by atoms with Gasteiger partial charge in [0.2, 0.25) is 0 Å². The van der Waals surface area contributed by atoms with E-state index in [4.69, 9.17) is 0 Å². The lowest BCUT2D eigenvalue weighted by atomic mass is 9.32. The molecule has 31 heavy (non-hydrogen) atoms. The molecule has 1 nitrogen and oxygen atoms in total. The van der Waals surface area contributed by atoms with Crippen LogP contribution >= 0.6 is 0 Å². The van der Waals surface area contributed by atoms with Crippen molar-refractivity contribution in [2.24, 2.45) is 56.7 Å². The lowest BCUT2D eigenvalue weighted by Crippen LogP contribution is -2.66. The van der Waals surface area contributed by atoms with Crippen LogP contribution in [0.5, 0.6) is 0 Å². The molecular formula is C30H52O. The molecule has 0 bridgehead atoms. The first-order valence-corrected chi connectivity index (χ1v) is 13.9. The first kappa shape index (κ1) is 22.7. The van der Waals surface area contributed by atoms with E-state index in [1.165, 1.54) is 70.6 Å². The first-order valence-electron chi connectivity index (χ1n) is 13.9. The maximum atomic E-state index is 11.0. The normalized spacial score (nSPS) is 56.2. The van der Waals surface area contributed by atoms with E-state index in [0.717, 1.165) is 23.7 Å². The molecule has 0 unspecified atom stereocenters. The van der Waals surface area contributed by atoms with Gasteiger partial charge in [0.1, 0.15) is 0 Å². The maximum Gasteiger partial charge on any atom is 0.0622 e. The molecule has 5 saturated carbocycles. The summed E-state index contributed by atoms with van der Waals surface area (Å²) in [5.74, 6) is 3.91. The minimum atomic E-state index is -0.517. The fraction of sp³-hybridized carbons (Fsp3) is 1.00. The third-order valence-electron chi connectivity index (χ3n) is 13.6. The number of hydrogen-bond acceptors (Lipinski definition) is 1. The molecule has 9 atom stereocenters. The highest BCUT2D eigenvalue weighted by Gasteiger charge is 2.70. The van der Waals surface area contributed by atoms with E-state index in [9.17, 15) is 5.11 Å². The van der Waals surface area contributed by atoms with Crippen LogP contribution in [0.3, 0.4) is 0 Å². The van der Waals surface area contributed by atoms with Gasteiger partial charge in [-0.1, -0.05) is 48.0 Å². The van der Waals surface area contributed by atoms with Crippen molar-refractivity contribution in [2.75, 3.05) is 0 Å². The third-order valence-corrected chi connectivity index (χ3v) is 13.6. The largest absolute Gasteiger partial charge is 0.390 e. The van der Waals surface area contributed by atoms with E-state index in [1.54, 1.807) is 0 Å². The Balaban J connectivity index is 1.52. The molecule has 5 rings (SSSR count). The molecule has 0 aromatic rings. The molecule has 1 N–H and O–H groups in total. The van der Waals surface area contributed by atoms with Gasteiger partial charge in [0.05, 0.1) is 5.60 Å². The average Bonchev–Trinajstić information content (AvgIpc) is 2.99. The smallest absolute Gasteiger partial charge is 0.0622 e. The molecule has 5 aliphatic carbocycles. The number of fused-ring (bicyclic) bond motifs is 7. The molecular weight excluding hydrogens is 376 g/mol. The van der Waals surface area contributed by atoms with Crippen molar-refractivity contribution in [3.8, 4) is 0 Å². The highest BCUT2D eigenvalue weighted by molar-refractivity contribution is 5.19. The Hall–Kier alpha value is -0.0400. The third kappa shape index (κ3) is 2.77. The summed E-state index contributed by atoms with van der Waals surface area (Å²) >= 11 is 0. The second kappa shape index (κ2) is 6.55. The van der Waals surface area contributed by atoms with Gasteiger partial charge in [-0.15, -0.1) is 0 Å². The molecule has 5 fully saturated rings. The highest BCUT2D eigenvalue weighted by atomic mass is 16.3. The van der Waals surface area contributed by atoms with Gasteiger partial charge in [-0.25, -0.2) is 0 Å². The fourth-order valence-corrected chi connectivity index (χ4v) is 12.1. The Bertz CT molecular complexity index is 731. The molecule has 0 aliphatic heterocycles. The lowest BCUT2D eigenvalue weighted by Gasteiger charge is -2.73. The van der Waals surface area contributed by atoms with Crippen LogP contribution in [0.4, 0.5) is 0 Å². The predicted molar refractivity (Wildman–Crippen MR) is 131 cm³/mol.